The lowest BCUT2D eigenvalue weighted by Gasteiger charge is -2.35. The maximum atomic E-state index is 15.2. The molecule has 3 heterocycles. The second-order valence-electron chi connectivity index (χ2n) is 18.2. The Balaban J connectivity index is 0.000000492. The first kappa shape index (κ1) is 55.9. The van der Waals surface area contributed by atoms with Crippen molar-refractivity contribution < 1.29 is 55.7 Å². The lowest BCUT2D eigenvalue weighted by molar-refractivity contribution is -0.141. The number of aromatic nitrogens is 1. The molecule has 2 fully saturated rings. The third kappa shape index (κ3) is 14.5. The number of amides is 4. The summed E-state index contributed by atoms with van der Waals surface area (Å²) in [6, 6.07) is 15.9. The number of halogens is 4. The molecule has 2 saturated heterocycles. The fourth-order valence-electron chi connectivity index (χ4n) is 7.81. The summed E-state index contributed by atoms with van der Waals surface area (Å²) in [5, 5.41) is 14.4. The Bertz CT molecular complexity index is 2550. The Hall–Kier alpha value is -6.05. The number of benzene rings is 3. The summed E-state index contributed by atoms with van der Waals surface area (Å²) >= 11 is 7.15. The molecule has 3 aromatic carbocycles. The number of nitrogens with one attached hydrogen (secondary N) is 2. The van der Waals surface area contributed by atoms with Crippen molar-refractivity contribution in [2.45, 2.75) is 91.7 Å². The zero-order valence-electron chi connectivity index (χ0n) is 40.7. The van der Waals surface area contributed by atoms with Crippen molar-refractivity contribution in [3.63, 3.8) is 0 Å². The molecule has 2 N–H and O–H groups in total. The van der Waals surface area contributed by atoms with Gasteiger partial charge in [0.2, 0.25) is 18.2 Å². The molecule has 2 aliphatic heterocycles. The van der Waals surface area contributed by atoms with Gasteiger partial charge in [0.15, 0.2) is 16.7 Å². The number of thiocarbonyl (C=S) groups is 1. The topological polar surface area (TPSA) is 176 Å². The summed E-state index contributed by atoms with van der Waals surface area (Å²) in [5.41, 5.74) is 1.51. The molecule has 21 heteroatoms. The van der Waals surface area contributed by atoms with Crippen LogP contribution in [0.15, 0.2) is 66.2 Å². The highest BCUT2D eigenvalue weighted by Crippen LogP contribution is 2.40. The highest BCUT2D eigenvalue weighted by molar-refractivity contribution is 7.81. The standard InChI is InChI=1S/C38H47F4N5O7S.C12H12N2OS/c1-24-8-7-13-45(24)33(49)32(36(2,3)4)44-31(48)23-53-17-16-51-14-15-52-18-19-54-30-12-11-27(21-29(30)39)47-35(55)46(34(50)37(47,5)6)26-10-9-25(22-43)28(20-26)38(40,41)42;1-9-12(16-8-14-9)11-4-2-10(3-5-11)6-13-7-15/h9-12,20-21,24,32H,7-8,13-19,23H2,1-6H3,(H,44,48);2-5,7-8H,6H2,1H3,(H,13,15). The van der Waals surface area contributed by atoms with E-state index >= 15 is 4.39 Å². The van der Waals surface area contributed by atoms with E-state index in [1.165, 1.54) is 53.5 Å². The first-order valence-corrected chi connectivity index (χ1v) is 24.1. The summed E-state index contributed by atoms with van der Waals surface area (Å²) in [5.74, 6) is -1.97. The van der Waals surface area contributed by atoms with Crippen molar-refractivity contribution in [1.29, 1.82) is 5.26 Å². The normalized spacial score (nSPS) is 16.0. The Kier molecular flexibility index (Phi) is 19.6. The zero-order chi connectivity index (χ0) is 52.1. The summed E-state index contributed by atoms with van der Waals surface area (Å²) < 4.78 is 77.9. The average molecular weight is 1030 g/mol. The molecule has 15 nitrogen and oxygen atoms in total. The van der Waals surface area contributed by atoms with E-state index in [0.717, 1.165) is 41.1 Å². The van der Waals surface area contributed by atoms with Crippen molar-refractivity contribution in [3.05, 3.63) is 94.4 Å². The second-order valence-corrected chi connectivity index (χ2v) is 19.5. The maximum Gasteiger partial charge on any atom is 0.417 e. The highest BCUT2D eigenvalue weighted by atomic mass is 32.1. The molecule has 4 aromatic rings. The van der Waals surface area contributed by atoms with Gasteiger partial charge < -0.3 is 39.4 Å². The maximum absolute atomic E-state index is 15.2. The smallest absolute Gasteiger partial charge is 0.417 e. The number of likely N-dealkylation sites (tertiary alicyclic amines) is 1. The molecule has 0 bridgehead atoms. The van der Waals surface area contributed by atoms with Gasteiger partial charge in [-0.05, 0) is 99.6 Å². The molecule has 4 amide bonds. The molecule has 2 aliphatic rings. The van der Waals surface area contributed by atoms with E-state index in [9.17, 15) is 32.3 Å². The number of ether oxygens (including phenoxy) is 4. The molecule has 6 rings (SSSR count). The van der Waals surface area contributed by atoms with E-state index in [4.69, 9.17) is 36.4 Å². The number of carbonyl (C=O) groups excluding carboxylic acids is 4. The Morgan fingerprint density at radius 1 is 0.986 bits per heavy atom. The van der Waals surface area contributed by atoms with E-state index in [1.54, 1.807) is 11.3 Å². The quantitative estimate of drug-likeness (QED) is 0.0379. The third-order valence-electron chi connectivity index (χ3n) is 11.6. The van der Waals surface area contributed by atoms with Gasteiger partial charge in [-0.2, -0.15) is 18.4 Å². The van der Waals surface area contributed by atoms with Gasteiger partial charge in [0.25, 0.3) is 5.91 Å². The zero-order valence-corrected chi connectivity index (χ0v) is 42.3. The van der Waals surface area contributed by atoms with Gasteiger partial charge >= 0.3 is 6.18 Å². The third-order valence-corrected chi connectivity index (χ3v) is 12.9. The molecule has 0 radical (unpaired) electrons. The van der Waals surface area contributed by atoms with Crippen LogP contribution >= 0.6 is 23.6 Å². The Morgan fingerprint density at radius 3 is 2.20 bits per heavy atom. The minimum Gasteiger partial charge on any atom is -0.488 e. The van der Waals surface area contributed by atoms with Gasteiger partial charge in [0.05, 0.1) is 72.0 Å². The summed E-state index contributed by atoms with van der Waals surface area (Å²) in [7, 11) is 0. The first-order valence-electron chi connectivity index (χ1n) is 22.8. The first-order chi connectivity index (χ1) is 33.6. The van der Waals surface area contributed by atoms with Gasteiger partial charge in [-0.1, -0.05) is 45.0 Å². The Morgan fingerprint density at radius 2 is 1.63 bits per heavy atom. The Labute approximate surface area is 420 Å². The number of nitrogens with zero attached hydrogens (tertiary/aromatic N) is 5. The van der Waals surface area contributed by atoms with E-state index < -0.39 is 46.0 Å². The molecule has 0 saturated carbocycles. The second kappa shape index (κ2) is 24.9. The van der Waals surface area contributed by atoms with Crippen LogP contribution in [-0.2, 0) is 46.1 Å². The van der Waals surface area contributed by atoms with Crippen LogP contribution in [0.2, 0.25) is 0 Å². The lowest BCUT2D eigenvalue weighted by atomic mass is 9.85. The van der Waals surface area contributed by atoms with E-state index in [0.29, 0.717) is 25.6 Å². The van der Waals surface area contributed by atoms with Crippen LogP contribution in [0.1, 0.15) is 76.8 Å². The van der Waals surface area contributed by atoms with Gasteiger partial charge in [-0.25, -0.2) is 9.37 Å². The number of nitriles is 1. The SMILES string of the molecule is CC1CCCN1C(=O)C(NC(=O)COCCOCCOCCOc1ccc(N2C(=S)N(c3ccc(C#N)c(C(F)(F)F)c3)C(=O)C2(C)C)cc1F)C(C)(C)C.Cc1ncsc1-c1ccc(CNC=O)cc1. The number of hydrogen-bond donors (Lipinski definition) is 2. The molecule has 1 aromatic heterocycles. The van der Waals surface area contributed by atoms with Crippen LogP contribution in [0.4, 0.5) is 28.9 Å². The molecule has 0 spiro atoms. The van der Waals surface area contributed by atoms with Crippen LogP contribution < -0.4 is 25.2 Å². The minimum absolute atomic E-state index is 0.00331. The van der Waals surface area contributed by atoms with Crippen LogP contribution in [0.25, 0.3) is 10.4 Å². The fraction of sp³-hybridized carbons (Fsp3) is 0.460. The number of alkyl halides is 3. The number of carbonyl (C=O) groups is 4. The van der Waals surface area contributed by atoms with Crippen molar-refractivity contribution in [1.82, 2.24) is 20.5 Å². The summed E-state index contributed by atoms with van der Waals surface area (Å²) in [4.78, 5) is 58.8. The van der Waals surface area contributed by atoms with E-state index in [1.807, 2.05) is 57.2 Å². The highest BCUT2D eigenvalue weighted by Gasteiger charge is 2.51. The predicted molar refractivity (Wildman–Crippen MR) is 264 cm³/mol. The molecule has 0 aliphatic carbocycles. The number of hydrogen-bond acceptors (Lipinski definition) is 12. The van der Waals surface area contributed by atoms with Crippen molar-refractivity contribution in [2.75, 3.05) is 62.6 Å². The van der Waals surface area contributed by atoms with Gasteiger partial charge in [-0.3, -0.25) is 24.1 Å². The largest absolute Gasteiger partial charge is 0.488 e. The van der Waals surface area contributed by atoms with Gasteiger partial charge in [0.1, 0.15) is 24.8 Å². The number of thiazole rings is 1. The molecule has 2 atom stereocenters. The fourth-order valence-corrected chi connectivity index (χ4v) is 9.14. The van der Waals surface area contributed by atoms with Crippen LogP contribution in [0.5, 0.6) is 5.75 Å². The summed E-state index contributed by atoms with van der Waals surface area (Å²) in [6.45, 7) is 14.7. The molecule has 71 heavy (non-hydrogen) atoms. The van der Waals surface area contributed by atoms with Crippen molar-refractivity contribution in [2.24, 2.45) is 5.41 Å². The van der Waals surface area contributed by atoms with Crippen molar-refractivity contribution >= 4 is 64.2 Å². The van der Waals surface area contributed by atoms with Crippen LogP contribution in [0.3, 0.4) is 0 Å². The van der Waals surface area contributed by atoms with Gasteiger partial charge in [-0.15, -0.1) is 11.3 Å². The lowest BCUT2D eigenvalue weighted by Crippen LogP contribution is -2.56. The van der Waals surface area contributed by atoms with Gasteiger partial charge in [0, 0.05) is 30.9 Å². The molecular weight excluding hydrogens is 967 g/mol. The molecule has 382 valence electrons. The van der Waals surface area contributed by atoms with Crippen molar-refractivity contribution in [3.8, 4) is 22.3 Å². The number of rotatable bonds is 20. The van der Waals surface area contributed by atoms with E-state index in [-0.39, 0.29) is 86.3 Å². The molecule has 2 unspecified atom stereocenters. The average Bonchev–Trinajstić information content (AvgIpc) is 4.00. The van der Waals surface area contributed by atoms with E-state index in [2.05, 4.69) is 27.8 Å². The predicted octanol–water partition coefficient (Wildman–Crippen LogP) is 7.97. The van der Waals surface area contributed by atoms with Crippen LogP contribution in [-0.4, -0.2) is 110 Å². The minimum atomic E-state index is -4.84. The monoisotopic (exact) mass is 1030 g/mol. The number of anilines is 2. The molecular formula is C50H59F4N7O8S2. The van der Waals surface area contributed by atoms with Crippen LogP contribution in [0, 0.1) is 29.5 Å². The summed E-state index contributed by atoms with van der Waals surface area (Å²) in [6.07, 6.45) is -2.24. The number of aryl methyl sites for hydroxylation is 1.